The van der Waals surface area contributed by atoms with Crippen molar-refractivity contribution in [2.75, 3.05) is 26.9 Å². The van der Waals surface area contributed by atoms with Gasteiger partial charge in [-0.15, -0.1) is 16.4 Å². The number of hydrogen-bond donors (Lipinski definition) is 1. The summed E-state index contributed by atoms with van der Waals surface area (Å²) in [5, 5.41) is 18.5. The van der Waals surface area contributed by atoms with Crippen LogP contribution < -0.4 is 14.8 Å². The van der Waals surface area contributed by atoms with Crippen LogP contribution in [0.15, 0.2) is 29.8 Å². The summed E-state index contributed by atoms with van der Waals surface area (Å²) in [6.07, 6.45) is 3.52. The Hall–Kier alpha value is -2.56. The van der Waals surface area contributed by atoms with Gasteiger partial charge in [-0.2, -0.15) is 0 Å². The number of tetrazole rings is 1. The lowest BCUT2D eigenvalue weighted by atomic mass is 10.0. The van der Waals surface area contributed by atoms with Crippen molar-refractivity contribution in [1.29, 1.82) is 0 Å². The molecule has 10 heteroatoms. The maximum absolute atomic E-state index is 5.82. The van der Waals surface area contributed by atoms with E-state index in [4.69, 9.17) is 19.2 Å². The highest BCUT2D eigenvalue weighted by atomic mass is 32.1. The molecule has 172 valence electrons. The third-order valence-electron chi connectivity index (χ3n) is 5.24. The molecular formula is C22H30N6O3S. The molecule has 3 aromatic rings. The fourth-order valence-corrected chi connectivity index (χ4v) is 4.58. The average molecular weight is 459 g/mol. The molecule has 0 radical (unpaired) electrons. The second kappa shape index (κ2) is 10.8. The van der Waals surface area contributed by atoms with E-state index in [0.717, 1.165) is 24.4 Å². The molecule has 4 rings (SSSR count). The summed E-state index contributed by atoms with van der Waals surface area (Å²) in [6, 6.07) is 6.01. The van der Waals surface area contributed by atoms with E-state index in [1.807, 2.05) is 10.7 Å². The van der Waals surface area contributed by atoms with Gasteiger partial charge in [-0.05, 0) is 40.6 Å². The Morgan fingerprint density at radius 3 is 2.84 bits per heavy atom. The third-order valence-corrected chi connectivity index (χ3v) is 6.23. The van der Waals surface area contributed by atoms with Crippen molar-refractivity contribution in [2.45, 2.75) is 45.3 Å². The molecule has 0 amide bonds. The highest BCUT2D eigenvalue weighted by Crippen LogP contribution is 2.34. The highest BCUT2D eigenvalue weighted by molar-refractivity contribution is 7.10. The van der Waals surface area contributed by atoms with Crippen molar-refractivity contribution >= 4 is 11.3 Å². The number of aromatic nitrogens is 5. The summed E-state index contributed by atoms with van der Waals surface area (Å²) < 4.78 is 18.5. The van der Waals surface area contributed by atoms with Gasteiger partial charge < -0.3 is 14.2 Å². The number of hydrogen-bond acceptors (Lipinski definition) is 9. The summed E-state index contributed by atoms with van der Waals surface area (Å²) >= 11 is 1.75. The van der Waals surface area contributed by atoms with Crippen molar-refractivity contribution < 1.29 is 14.2 Å². The van der Waals surface area contributed by atoms with Gasteiger partial charge in [-0.3, -0.25) is 10.3 Å². The van der Waals surface area contributed by atoms with Gasteiger partial charge in [0.15, 0.2) is 17.3 Å². The van der Waals surface area contributed by atoms with Crippen molar-refractivity contribution in [3.63, 3.8) is 0 Å². The van der Waals surface area contributed by atoms with Gasteiger partial charge in [0.25, 0.3) is 0 Å². The number of nitrogens with one attached hydrogen (secondary N) is 1. The first kappa shape index (κ1) is 22.6. The molecule has 1 aliphatic rings. The molecule has 3 aromatic heterocycles. The van der Waals surface area contributed by atoms with Crippen LogP contribution in [-0.2, 0) is 11.3 Å². The van der Waals surface area contributed by atoms with Gasteiger partial charge in [-0.25, -0.2) is 4.68 Å². The number of fused-ring (bicyclic) bond motifs is 1. The molecule has 1 N–H and O–H groups in total. The number of ether oxygens (including phenoxy) is 3. The van der Waals surface area contributed by atoms with Crippen LogP contribution in [0.25, 0.3) is 0 Å². The lowest BCUT2D eigenvalue weighted by Crippen LogP contribution is -2.31. The predicted molar refractivity (Wildman–Crippen MR) is 121 cm³/mol. The Bertz CT molecular complexity index is 978. The number of aryl methyl sites for hydroxylation is 1. The molecule has 4 heterocycles. The summed E-state index contributed by atoms with van der Waals surface area (Å²) in [5.74, 6) is 2.59. The van der Waals surface area contributed by atoms with Crippen molar-refractivity contribution in [3.05, 3.63) is 46.2 Å². The summed E-state index contributed by atoms with van der Waals surface area (Å²) in [4.78, 5) is 5.98. The quantitative estimate of drug-likeness (QED) is 0.437. The van der Waals surface area contributed by atoms with Crippen LogP contribution in [0.1, 0.15) is 55.2 Å². The van der Waals surface area contributed by atoms with Gasteiger partial charge in [-0.1, -0.05) is 19.9 Å². The molecule has 0 aliphatic carbocycles. The zero-order valence-electron chi connectivity index (χ0n) is 18.7. The smallest absolute Gasteiger partial charge is 0.179 e. The lowest BCUT2D eigenvalue weighted by Gasteiger charge is -2.27. The second-order valence-electron chi connectivity index (χ2n) is 8.16. The minimum absolute atomic E-state index is 0.138. The maximum Gasteiger partial charge on any atom is 0.179 e. The van der Waals surface area contributed by atoms with Gasteiger partial charge in [0.1, 0.15) is 19.3 Å². The summed E-state index contributed by atoms with van der Waals surface area (Å²) in [5.41, 5.74) is 0.794. The number of nitrogens with zero attached hydrogens (tertiary/aromatic N) is 5. The van der Waals surface area contributed by atoms with Crippen LogP contribution in [0, 0.1) is 5.92 Å². The van der Waals surface area contributed by atoms with Crippen LogP contribution in [0.2, 0.25) is 0 Å². The zero-order valence-corrected chi connectivity index (χ0v) is 19.5. The second-order valence-corrected chi connectivity index (χ2v) is 9.14. The van der Waals surface area contributed by atoms with E-state index in [9.17, 15) is 0 Å². The molecule has 0 spiro atoms. The van der Waals surface area contributed by atoms with E-state index < -0.39 is 0 Å². The first-order valence-electron chi connectivity index (χ1n) is 11.0. The topological polar surface area (TPSA) is 96.2 Å². The zero-order chi connectivity index (χ0) is 22.3. The predicted octanol–water partition coefficient (Wildman–Crippen LogP) is 3.40. The van der Waals surface area contributed by atoms with Gasteiger partial charge >= 0.3 is 0 Å². The average Bonchev–Trinajstić information content (AvgIpc) is 3.49. The molecule has 0 saturated carbocycles. The van der Waals surface area contributed by atoms with E-state index in [0.29, 0.717) is 43.8 Å². The Labute approximate surface area is 192 Å². The van der Waals surface area contributed by atoms with Crippen LogP contribution >= 0.6 is 11.3 Å². The fourth-order valence-electron chi connectivity index (χ4n) is 3.78. The molecule has 32 heavy (non-hydrogen) atoms. The Morgan fingerprint density at radius 1 is 1.25 bits per heavy atom. The molecule has 0 saturated heterocycles. The lowest BCUT2D eigenvalue weighted by molar-refractivity contribution is 0.170. The van der Waals surface area contributed by atoms with E-state index in [1.165, 1.54) is 4.88 Å². The minimum Gasteiger partial charge on any atom is -0.486 e. The number of methoxy groups -OCH3 is 1. The van der Waals surface area contributed by atoms with Crippen LogP contribution in [-0.4, -0.2) is 52.1 Å². The van der Waals surface area contributed by atoms with Gasteiger partial charge in [0.05, 0.1) is 11.9 Å². The minimum atomic E-state index is -0.311. The SMILES string of the molecule is COCCCn1nnnc1C(NC(CC(C)C)c1cccs1)c1cc2c(cn1)OCCO2. The monoisotopic (exact) mass is 458 g/mol. The highest BCUT2D eigenvalue weighted by Gasteiger charge is 2.28. The Morgan fingerprint density at radius 2 is 2.09 bits per heavy atom. The van der Waals surface area contributed by atoms with E-state index in [1.54, 1.807) is 24.6 Å². The van der Waals surface area contributed by atoms with E-state index in [-0.39, 0.29) is 12.1 Å². The van der Waals surface area contributed by atoms with Crippen molar-refractivity contribution in [1.82, 2.24) is 30.5 Å². The van der Waals surface area contributed by atoms with Crippen LogP contribution in [0.4, 0.5) is 0 Å². The van der Waals surface area contributed by atoms with Gasteiger partial charge in [0, 0.05) is 37.2 Å². The molecule has 2 unspecified atom stereocenters. The van der Waals surface area contributed by atoms with Crippen molar-refractivity contribution in [2.24, 2.45) is 5.92 Å². The fraction of sp³-hybridized carbons (Fsp3) is 0.545. The summed E-state index contributed by atoms with van der Waals surface area (Å²) in [7, 11) is 1.70. The molecule has 0 aromatic carbocycles. The molecule has 0 bridgehead atoms. The van der Waals surface area contributed by atoms with Crippen LogP contribution in [0.5, 0.6) is 11.5 Å². The number of pyridine rings is 1. The third kappa shape index (κ3) is 5.43. The standard InChI is InChI=1S/C22H30N6O3S/c1-15(2)12-16(20-6-4-11-32-20)24-21(22-25-26-27-28(22)7-5-8-29-3)17-13-18-19(14-23-17)31-10-9-30-18/h4,6,11,13-16,21,24H,5,7-10,12H2,1-3H3. The number of thiophene rings is 1. The van der Waals surface area contributed by atoms with E-state index in [2.05, 4.69) is 52.2 Å². The first-order valence-corrected chi connectivity index (χ1v) is 11.8. The van der Waals surface area contributed by atoms with Gasteiger partial charge in [0.2, 0.25) is 0 Å². The van der Waals surface area contributed by atoms with Crippen molar-refractivity contribution in [3.8, 4) is 11.5 Å². The molecular weight excluding hydrogens is 428 g/mol. The Kier molecular flexibility index (Phi) is 7.67. The summed E-state index contributed by atoms with van der Waals surface area (Å²) in [6.45, 7) is 6.82. The largest absolute Gasteiger partial charge is 0.486 e. The normalized spacial score (nSPS) is 15.1. The number of rotatable bonds is 11. The molecule has 0 fully saturated rings. The van der Waals surface area contributed by atoms with Crippen LogP contribution in [0.3, 0.4) is 0 Å². The molecule has 9 nitrogen and oxygen atoms in total. The molecule has 2 atom stereocenters. The maximum atomic E-state index is 5.82. The molecule has 1 aliphatic heterocycles. The van der Waals surface area contributed by atoms with E-state index >= 15 is 0 Å². The first-order chi connectivity index (χ1) is 15.7. The Balaban J connectivity index is 1.69.